The van der Waals surface area contributed by atoms with Gasteiger partial charge in [0.1, 0.15) is 5.00 Å². The highest BCUT2D eigenvalue weighted by molar-refractivity contribution is 7.88. The van der Waals surface area contributed by atoms with E-state index >= 15 is 0 Å². The quantitative estimate of drug-likeness (QED) is 0.717. The van der Waals surface area contributed by atoms with Crippen LogP contribution < -0.4 is 5.32 Å². The van der Waals surface area contributed by atoms with Gasteiger partial charge >= 0.3 is 5.97 Å². The molecule has 0 aromatic carbocycles. The molecule has 0 bridgehead atoms. The molecule has 0 spiro atoms. The number of anilines is 1. The SMILES string of the molecule is CCc1cc(C(=O)OC)c(NC(=O)CN2CCN(S(C)(=O)=O)CC2)s1. The van der Waals surface area contributed by atoms with Crippen molar-refractivity contribution in [3.8, 4) is 0 Å². The molecule has 1 saturated heterocycles. The topological polar surface area (TPSA) is 96.0 Å². The van der Waals surface area contributed by atoms with Gasteiger partial charge in [0.25, 0.3) is 0 Å². The van der Waals surface area contributed by atoms with E-state index in [9.17, 15) is 18.0 Å². The van der Waals surface area contributed by atoms with Gasteiger partial charge in [-0.15, -0.1) is 11.3 Å². The molecule has 0 radical (unpaired) electrons. The minimum Gasteiger partial charge on any atom is -0.465 e. The molecule has 1 aliphatic heterocycles. The van der Waals surface area contributed by atoms with Crippen molar-refractivity contribution in [2.45, 2.75) is 13.3 Å². The third kappa shape index (κ3) is 5.24. The van der Waals surface area contributed by atoms with E-state index in [0.717, 1.165) is 11.3 Å². The van der Waals surface area contributed by atoms with E-state index in [2.05, 4.69) is 5.32 Å². The van der Waals surface area contributed by atoms with Gasteiger partial charge in [-0.1, -0.05) is 6.92 Å². The van der Waals surface area contributed by atoms with Gasteiger partial charge < -0.3 is 10.1 Å². The van der Waals surface area contributed by atoms with E-state index in [0.29, 0.717) is 36.7 Å². The molecule has 1 aliphatic rings. The molecule has 8 nitrogen and oxygen atoms in total. The number of piperazine rings is 1. The van der Waals surface area contributed by atoms with Crippen LogP contribution in [0.4, 0.5) is 5.00 Å². The monoisotopic (exact) mass is 389 g/mol. The molecule has 0 unspecified atom stereocenters. The van der Waals surface area contributed by atoms with Gasteiger partial charge in [-0.25, -0.2) is 13.2 Å². The van der Waals surface area contributed by atoms with Gasteiger partial charge in [-0.05, 0) is 12.5 Å². The summed E-state index contributed by atoms with van der Waals surface area (Å²) in [5.41, 5.74) is 0.361. The predicted molar refractivity (Wildman–Crippen MR) is 96.5 cm³/mol. The lowest BCUT2D eigenvalue weighted by molar-refractivity contribution is -0.117. The van der Waals surface area contributed by atoms with Crippen molar-refractivity contribution in [1.29, 1.82) is 0 Å². The van der Waals surface area contributed by atoms with Crippen molar-refractivity contribution in [3.05, 3.63) is 16.5 Å². The van der Waals surface area contributed by atoms with Gasteiger partial charge in [-0.2, -0.15) is 4.31 Å². The number of carbonyl (C=O) groups is 2. The van der Waals surface area contributed by atoms with Crippen molar-refractivity contribution >= 4 is 38.2 Å². The number of esters is 1. The van der Waals surface area contributed by atoms with Crippen LogP contribution in [0.2, 0.25) is 0 Å². The highest BCUT2D eigenvalue weighted by Gasteiger charge is 2.25. The molecule has 10 heteroatoms. The second-order valence-electron chi connectivity index (χ2n) is 5.79. The summed E-state index contributed by atoms with van der Waals surface area (Å²) in [6, 6.07) is 1.73. The third-order valence-corrected chi connectivity index (χ3v) is 6.46. The molecule has 0 aliphatic carbocycles. The second kappa shape index (κ2) is 8.26. The minimum atomic E-state index is -3.19. The Morgan fingerprint density at radius 1 is 1.28 bits per heavy atom. The number of rotatable bonds is 6. The molecule has 2 heterocycles. The first-order valence-electron chi connectivity index (χ1n) is 7.93. The first-order chi connectivity index (χ1) is 11.7. The molecule has 0 saturated carbocycles. The molecule has 140 valence electrons. The van der Waals surface area contributed by atoms with E-state index < -0.39 is 16.0 Å². The smallest absolute Gasteiger partial charge is 0.340 e. The van der Waals surface area contributed by atoms with Gasteiger partial charge in [0.15, 0.2) is 0 Å². The van der Waals surface area contributed by atoms with Gasteiger partial charge in [0.05, 0.1) is 25.5 Å². The first kappa shape index (κ1) is 19.8. The number of sulfonamides is 1. The number of hydrogen-bond acceptors (Lipinski definition) is 7. The summed E-state index contributed by atoms with van der Waals surface area (Å²) in [5, 5.41) is 3.26. The predicted octanol–water partition coefficient (Wildman–Crippen LogP) is 0.613. The van der Waals surface area contributed by atoms with Crippen LogP contribution in [-0.4, -0.2) is 75.6 Å². The van der Waals surface area contributed by atoms with Crippen LogP contribution in [0.1, 0.15) is 22.2 Å². The Balaban J connectivity index is 1.95. The van der Waals surface area contributed by atoms with Crippen molar-refractivity contribution in [2.75, 3.05) is 51.4 Å². The summed E-state index contributed by atoms with van der Waals surface area (Å²) in [6.07, 6.45) is 1.95. The van der Waals surface area contributed by atoms with E-state index in [1.165, 1.54) is 29.0 Å². The maximum atomic E-state index is 12.3. The number of nitrogens with zero attached hydrogens (tertiary/aromatic N) is 2. The molecule has 25 heavy (non-hydrogen) atoms. The third-order valence-electron chi connectivity index (χ3n) is 3.96. The summed E-state index contributed by atoms with van der Waals surface area (Å²) in [4.78, 5) is 27.0. The summed E-state index contributed by atoms with van der Waals surface area (Å²) in [6.45, 7) is 3.86. The summed E-state index contributed by atoms with van der Waals surface area (Å²) in [5.74, 6) is -0.713. The largest absolute Gasteiger partial charge is 0.465 e. The van der Waals surface area contributed by atoms with Crippen LogP contribution >= 0.6 is 11.3 Å². The highest BCUT2D eigenvalue weighted by Crippen LogP contribution is 2.29. The van der Waals surface area contributed by atoms with Crippen molar-refractivity contribution in [1.82, 2.24) is 9.21 Å². The minimum absolute atomic E-state index is 0.150. The molecule has 1 aromatic rings. The molecule has 1 fully saturated rings. The summed E-state index contributed by atoms with van der Waals surface area (Å²) in [7, 11) is -1.88. The Morgan fingerprint density at radius 3 is 2.44 bits per heavy atom. The van der Waals surface area contributed by atoms with Crippen LogP contribution in [0.15, 0.2) is 6.07 Å². The summed E-state index contributed by atoms with van der Waals surface area (Å²) >= 11 is 1.36. The molecule has 2 rings (SSSR count). The van der Waals surface area contributed by atoms with Crippen molar-refractivity contribution < 1.29 is 22.7 Å². The molecule has 1 N–H and O–H groups in total. The van der Waals surface area contributed by atoms with Crippen molar-refractivity contribution in [3.63, 3.8) is 0 Å². The van der Waals surface area contributed by atoms with E-state index in [1.54, 1.807) is 6.07 Å². The zero-order valence-electron chi connectivity index (χ0n) is 14.6. The zero-order chi connectivity index (χ0) is 18.6. The number of methoxy groups -OCH3 is 1. The average Bonchev–Trinajstić information content (AvgIpc) is 2.96. The normalized spacial score (nSPS) is 16.6. The maximum Gasteiger partial charge on any atom is 0.340 e. The second-order valence-corrected chi connectivity index (χ2v) is 8.91. The lowest BCUT2D eigenvalue weighted by Gasteiger charge is -2.32. The summed E-state index contributed by atoms with van der Waals surface area (Å²) < 4.78 is 29.2. The maximum absolute atomic E-state index is 12.3. The molecule has 1 aromatic heterocycles. The molecule has 1 amide bonds. The number of aryl methyl sites for hydroxylation is 1. The zero-order valence-corrected chi connectivity index (χ0v) is 16.2. The number of ether oxygens (including phenoxy) is 1. The standard InChI is InChI=1S/C15H23N3O5S2/c1-4-11-9-12(15(20)23-2)14(24-11)16-13(19)10-17-5-7-18(8-6-17)25(3,21)22/h9H,4-8,10H2,1-3H3,(H,16,19). The number of thiophene rings is 1. The average molecular weight is 389 g/mol. The Bertz CT molecular complexity index is 736. The van der Waals surface area contributed by atoms with Gasteiger partial charge in [-0.3, -0.25) is 9.69 Å². The Labute approximate surface area is 151 Å². The van der Waals surface area contributed by atoms with Crippen LogP contribution in [0.25, 0.3) is 0 Å². The lowest BCUT2D eigenvalue weighted by atomic mass is 10.2. The molecule has 0 atom stereocenters. The lowest BCUT2D eigenvalue weighted by Crippen LogP contribution is -2.50. The fraction of sp³-hybridized carbons (Fsp3) is 0.600. The van der Waals surface area contributed by atoms with Crippen LogP contribution in [0, 0.1) is 0 Å². The van der Waals surface area contributed by atoms with E-state index in [1.807, 2.05) is 11.8 Å². The molecular weight excluding hydrogens is 366 g/mol. The number of nitrogens with one attached hydrogen (secondary N) is 1. The fourth-order valence-corrected chi connectivity index (χ4v) is 4.39. The highest BCUT2D eigenvalue weighted by atomic mass is 32.2. The molecular formula is C15H23N3O5S2. The van der Waals surface area contributed by atoms with Crippen LogP contribution in [0.5, 0.6) is 0 Å². The van der Waals surface area contributed by atoms with E-state index in [-0.39, 0.29) is 12.5 Å². The number of carbonyl (C=O) groups excluding carboxylic acids is 2. The fourth-order valence-electron chi connectivity index (χ4n) is 2.56. The number of hydrogen-bond donors (Lipinski definition) is 1. The Kier molecular flexibility index (Phi) is 6.55. The van der Waals surface area contributed by atoms with Crippen LogP contribution in [0.3, 0.4) is 0 Å². The first-order valence-corrected chi connectivity index (χ1v) is 10.6. The van der Waals surface area contributed by atoms with E-state index in [4.69, 9.17) is 4.74 Å². The van der Waals surface area contributed by atoms with Gasteiger partial charge in [0, 0.05) is 31.1 Å². The Hall–Kier alpha value is -1.49. The van der Waals surface area contributed by atoms with Gasteiger partial charge in [0.2, 0.25) is 15.9 Å². The number of amides is 1. The van der Waals surface area contributed by atoms with Crippen molar-refractivity contribution in [2.24, 2.45) is 0 Å². The van der Waals surface area contributed by atoms with Crippen LogP contribution in [-0.2, 0) is 26.0 Å². The Morgan fingerprint density at radius 2 is 1.92 bits per heavy atom.